The summed E-state index contributed by atoms with van der Waals surface area (Å²) < 4.78 is 20.4. The summed E-state index contributed by atoms with van der Waals surface area (Å²) in [4.78, 5) is 10.9. The molecule has 0 fully saturated rings. The van der Waals surface area contributed by atoms with Crippen molar-refractivity contribution in [2.24, 2.45) is 10.2 Å². The Bertz CT molecular complexity index is 1710. The van der Waals surface area contributed by atoms with Crippen molar-refractivity contribution in [2.45, 2.75) is 19.8 Å². The number of benzene rings is 4. The molecule has 1 aromatic heterocycles. The Kier molecular flexibility index (Phi) is 6.96. The second kappa shape index (κ2) is 10.7. The SMILES string of the molecule is CCCc1ccc(-n2c(O)c(N=Nc3cccc(-c4cccc(OC(=O)O)c4)c3O)c3ccc(F)cc32)cc1. The number of fused-ring (bicyclic) bond motifs is 1. The van der Waals surface area contributed by atoms with Gasteiger partial charge in [-0.2, -0.15) is 0 Å². The molecule has 0 aliphatic heterocycles. The molecule has 3 N–H and O–H groups in total. The van der Waals surface area contributed by atoms with Gasteiger partial charge in [-0.05, 0) is 66.1 Å². The fourth-order valence-electron chi connectivity index (χ4n) is 4.47. The minimum absolute atomic E-state index is 0.0964. The predicted molar refractivity (Wildman–Crippen MR) is 145 cm³/mol. The number of carbonyl (C=O) groups is 1. The van der Waals surface area contributed by atoms with Crippen LogP contribution in [0.1, 0.15) is 18.9 Å². The van der Waals surface area contributed by atoms with Gasteiger partial charge in [-0.15, -0.1) is 10.2 Å². The summed E-state index contributed by atoms with van der Waals surface area (Å²) in [6.45, 7) is 2.09. The first kappa shape index (κ1) is 25.5. The van der Waals surface area contributed by atoms with E-state index >= 15 is 0 Å². The lowest BCUT2D eigenvalue weighted by atomic mass is 10.0. The molecule has 1 heterocycles. The summed E-state index contributed by atoms with van der Waals surface area (Å²) in [5, 5.41) is 39.9. The van der Waals surface area contributed by atoms with Crippen molar-refractivity contribution in [3.05, 3.63) is 96.3 Å². The molecule has 0 aliphatic rings. The molecule has 0 amide bonds. The van der Waals surface area contributed by atoms with Crippen molar-refractivity contribution in [1.29, 1.82) is 0 Å². The molecular formula is C30H24FN3O5. The zero-order chi connectivity index (χ0) is 27.5. The molecule has 0 saturated carbocycles. The van der Waals surface area contributed by atoms with Crippen LogP contribution in [0.3, 0.4) is 0 Å². The maximum Gasteiger partial charge on any atom is 0.511 e. The third-order valence-electron chi connectivity index (χ3n) is 6.24. The number of hydrogen-bond acceptors (Lipinski definition) is 6. The number of rotatable bonds is 7. The first-order valence-corrected chi connectivity index (χ1v) is 12.2. The quantitative estimate of drug-likeness (QED) is 0.112. The van der Waals surface area contributed by atoms with Gasteiger partial charge in [0.15, 0.2) is 11.4 Å². The lowest BCUT2D eigenvalue weighted by Gasteiger charge is -2.08. The highest BCUT2D eigenvalue weighted by molar-refractivity contribution is 5.96. The number of aromatic hydroxyl groups is 2. The van der Waals surface area contributed by atoms with Gasteiger partial charge in [0.1, 0.15) is 17.3 Å². The molecule has 0 saturated heterocycles. The van der Waals surface area contributed by atoms with Gasteiger partial charge in [0.2, 0.25) is 5.88 Å². The van der Waals surface area contributed by atoms with E-state index in [4.69, 9.17) is 9.84 Å². The zero-order valence-electron chi connectivity index (χ0n) is 20.9. The fraction of sp³-hybridized carbons (Fsp3) is 0.100. The highest BCUT2D eigenvalue weighted by atomic mass is 19.1. The van der Waals surface area contributed by atoms with Gasteiger partial charge < -0.3 is 20.1 Å². The van der Waals surface area contributed by atoms with Crippen LogP contribution in [0.15, 0.2) is 95.2 Å². The minimum Gasteiger partial charge on any atom is -0.505 e. The molecule has 0 spiro atoms. The molecule has 0 aliphatic carbocycles. The summed E-state index contributed by atoms with van der Waals surface area (Å²) in [5.74, 6) is -0.794. The molecule has 0 bridgehead atoms. The van der Waals surface area contributed by atoms with E-state index in [1.54, 1.807) is 30.3 Å². The number of hydrogen-bond donors (Lipinski definition) is 3. The lowest BCUT2D eigenvalue weighted by Crippen LogP contribution is -2.02. The number of aromatic nitrogens is 1. The average molecular weight is 526 g/mol. The first-order valence-electron chi connectivity index (χ1n) is 12.2. The zero-order valence-corrected chi connectivity index (χ0v) is 20.9. The largest absolute Gasteiger partial charge is 0.511 e. The minimum atomic E-state index is -1.45. The molecule has 5 aromatic rings. The second-order valence-electron chi connectivity index (χ2n) is 8.85. The van der Waals surface area contributed by atoms with Gasteiger partial charge in [-0.1, -0.05) is 49.7 Å². The van der Waals surface area contributed by atoms with Gasteiger partial charge in [0.05, 0.1) is 5.52 Å². The number of phenolic OH excluding ortho intramolecular Hbond substituents is 1. The van der Waals surface area contributed by atoms with Crippen LogP contribution in [-0.4, -0.2) is 26.0 Å². The molecule has 5 rings (SSSR count). The molecule has 0 radical (unpaired) electrons. The maximum absolute atomic E-state index is 14.2. The smallest absolute Gasteiger partial charge is 0.505 e. The van der Waals surface area contributed by atoms with Crippen molar-refractivity contribution in [2.75, 3.05) is 0 Å². The van der Waals surface area contributed by atoms with Crippen LogP contribution in [0.2, 0.25) is 0 Å². The van der Waals surface area contributed by atoms with E-state index in [1.165, 1.54) is 34.9 Å². The molecule has 39 heavy (non-hydrogen) atoms. The summed E-state index contributed by atoms with van der Waals surface area (Å²) in [5.41, 5.74) is 3.31. The third kappa shape index (κ3) is 5.15. The third-order valence-corrected chi connectivity index (χ3v) is 6.24. The Morgan fingerprint density at radius 2 is 1.72 bits per heavy atom. The number of para-hydroxylation sites is 1. The predicted octanol–water partition coefficient (Wildman–Crippen LogP) is 8.27. The van der Waals surface area contributed by atoms with Crippen LogP contribution >= 0.6 is 0 Å². The highest BCUT2D eigenvalue weighted by Crippen LogP contribution is 2.43. The second-order valence-corrected chi connectivity index (χ2v) is 8.85. The number of nitrogens with zero attached hydrogens (tertiary/aromatic N) is 3. The van der Waals surface area contributed by atoms with Crippen molar-refractivity contribution in [3.63, 3.8) is 0 Å². The van der Waals surface area contributed by atoms with Gasteiger partial charge in [-0.25, -0.2) is 9.18 Å². The van der Waals surface area contributed by atoms with Crippen molar-refractivity contribution < 1.29 is 29.2 Å². The van der Waals surface area contributed by atoms with Crippen molar-refractivity contribution in [1.82, 2.24) is 4.57 Å². The number of carboxylic acid groups (broad SMARTS) is 1. The maximum atomic E-state index is 14.2. The number of azo groups is 1. The van der Waals surface area contributed by atoms with E-state index < -0.39 is 12.0 Å². The molecule has 0 unspecified atom stereocenters. The van der Waals surface area contributed by atoms with Gasteiger partial charge in [0.25, 0.3) is 0 Å². The average Bonchev–Trinajstić information content (AvgIpc) is 3.18. The Balaban J connectivity index is 1.56. The van der Waals surface area contributed by atoms with Gasteiger partial charge in [0, 0.05) is 16.6 Å². The molecule has 4 aromatic carbocycles. The summed E-state index contributed by atoms with van der Waals surface area (Å²) in [6, 6.07) is 22.8. The Morgan fingerprint density at radius 3 is 2.46 bits per heavy atom. The Labute approximate surface area is 222 Å². The standard InChI is InChI=1S/C30H24FN3O5/c1-2-5-18-10-13-21(14-11-18)34-26-17-20(31)12-15-24(26)27(29(34)36)33-32-25-9-4-8-23(28(25)35)19-6-3-7-22(16-19)39-30(37)38/h3-4,6-17,35-36H,2,5H2,1H3,(H,37,38). The molecule has 0 atom stereocenters. The van der Waals surface area contributed by atoms with E-state index in [2.05, 4.69) is 17.2 Å². The van der Waals surface area contributed by atoms with E-state index in [-0.39, 0.29) is 28.8 Å². The first-order chi connectivity index (χ1) is 18.9. The number of ether oxygens (including phenoxy) is 1. The van der Waals surface area contributed by atoms with E-state index in [9.17, 15) is 19.4 Å². The summed E-state index contributed by atoms with van der Waals surface area (Å²) >= 11 is 0. The van der Waals surface area contributed by atoms with Crippen molar-refractivity contribution >= 4 is 28.4 Å². The number of halogens is 1. The Morgan fingerprint density at radius 1 is 0.949 bits per heavy atom. The topological polar surface area (TPSA) is 117 Å². The summed E-state index contributed by atoms with van der Waals surface area (Å²) in [6.07, 6.45) is 0.476. The van der Waals surface area contributed by atoms with Crippen molar-refractivity contribution in [3.8, 4) is 34.2 Å². The van der Waals surface area contributed by atoms with Crippen LogP contribution < -0.4 is 4.74 Å². The van der Waals surface area contributed by atoms with Gasteiger partial charge in [-0.3, -0.25) is 4.57 Å². The van der Waals surface area contributed by atoms with E-state index in [1.807, 2.05) is 24.3 Å². The van der Waals surface area contributed by atoms with Crippen LogP contribution in [0.4, 0.5) is 20.6 Å². The van der Waals surface area contributed by atoms with Crippen LogP contribution in [0.5, 0.6) is 17.4 Å². The van der Waals surface area contributed by atoms with Crippen LogP contribution in [0, 0.1) is 5.82 Å². The summed E-state index contributed by atoms with van der Waals surface area (Å²) in [7, 11) is 0. The monoisotopic (exact) mass is 525 g/mol. The lowest BCUT2D eigenvalue weighted by molar-refractivity contribution is 0.144. The molecule has 196 valence electrons. The van der Waals surface area contributed by atoms with E-state index in [0.717, 1.165) is 18.4 Å². The van der Waals surface area contributed by atoms with Crippen LogP contribution in [-0.2, 0) is 6.42 Å². The highest BCUT2D eigenvalue weighted by Gasteiger charge is 2.19. The molecular weight excluding hydrogens is 501 g/mol. The van der Waals surface area contributed by atoms with E-state index in [0.29, 0.717) is 27.7 Å². The molecule has 8 nitrogen and oxygen atoms in total. The fourth-order valence-corrected chi connectivity index (χ4v) is 4.47. The van der Waals surface area contributed by atoms with Crippen LogP contribution in [0.25, 0.3) is 27.7 Å². The Hall–Kier alpha value is -5.18. The van der Waals surface area contributed by atoms with Gasteiger partial charge >= 0.3 is 6.16 Å². The normalized spacial score (nSPS) is 11.3. The number of aryl methyl sites for hydroxylation is 1. The molecule has 9 heteroatoms. The number of phenols is 1.